The van der Waals surface area contributed by atoms with Gasteiger partial charge >= 0.3 is 0 Å². The van der Waals surface area contributed by atoms with Crippen LogP contribution in [0.3, 0.4) is 0 Å². The molecule has 1 saturated carbocycles. The molecule has 2 N–H and O–H groups in total. The van der Waals surface area contributed by atoms with E-state index in [0.29, 0.717) is 18.0 Å². The summed E-state index contributed by atoms with van der Waals surface area (Å²) in [5.74, 6) is 0.792. The van der Waals surface area contributed by atoms with E-state index in [1.165, 1.54) is 35.4 Å². The molecule has 0 spiro atoms. The van der Waals surface area contributed by atoms with Crippen LogP contribution in [0.2, 0.25) is 0 Å². The molecule has 2 bridgehead atoms. The minimum atomic E-state index is -3.76. The van der Waals surface area contributed by atoms with E-state index in [0.717, 1.165) is 19.3 Å². The molecule has 3 aromatic carbocycles. The van der Waals surface area contributed by atoms with Crippen molar-refractivity contribution in [2.75, 3.05) is 13.7 Å². The van der Waals surface area contributed by atoms with Gasteiger partial charge in [0.15, 0.2) is 0 Å². The summed E-state index contributed by atoms with van der Waals surface area (Å²) in [5.41, 5.74) is 5.80. The Morgan fingerprint density at radius 1 is 0.943 bits per heavy atom. The second-order valence-electron chi connectivity index (χ2n) is 9.76. The summed E-state index contributed by atoms with van der Waals surface area (Å²) in [4.78, 5) is 13.1. The minimum Gasteiger partial charge on any atom is -0.495 e. The highest BCUT2D eigenvalue weighted by Crippen LogP contribution is 2.55. The molecule has 0 aliphatic heterocycles. The number of rotatable bonds is 7. The first-order chi connectivity index (χ1) is 17.0. The fourth-order valence-corrected chi connectivity index (χ4v) is 7.30. The maximum absolute atomic E-state index is 13.1. The SMILES string of the molecule is COc1ccc(C(=O)NCC2CC3c4ccccc4C2c2ccccc23)cc1S(=O)(=O)NC1CC1. The normalized spacial score (nSPS) is 22.3. The fourth-order valence-electron chi connectivity index (χ4n) is 5.80. The zero-order chi connectivity index (χ0) is 24.2. The predicted octanol–water partition coefficient (Wildman–Crippen LogP) is 4.16. The van der Waals surface area contributed by atoms with Gasteiger partial charge in [0.1, 0.15) is 10.6 Å². The van der Waals surface area contributed by atoms with Crippen molar-refractivity contribution in [1.82, 2.24) is 10.0 Å². The van der Waals surface area contributed by atoms with E-state index >= 15 is 0 Å². The van der Waals surface area contributed by atoms with Crippen LogP contribution in [0.15, 0.2) is 71.6 Å². The summed E-state index contributed by atoms with van der Waals surface area (Å²) in [5, 5.41) is 3.09. The Balaban J connectivity index is 1.24. The van der Waals surface area contributed by atoms with Crippen LogP contribution in [-0.4, -0.2) is 34.0 Å². The van der Waals surface area contributed by atoms with Gasteiger partial charge in [-0.1, -0.05) is 48.5 Å². The van der Waals surface area contributed by atoms with E-state index in [1.807, 2.05) is 0 Å². The second-order valence-corrected chi connectivity index (χ2v) is 11.4. The third kappa shape index (κ3) is 3.93. The summed E-state index contributed by atoms with van der Waals surface area (Å²) in [7, 11) is -2.33. The number of carbonyl (C=O) groups is 1. The van der Waals surface area contributed by atoms with Crippen molar-refractivity contribution in [2.24, 2.45) is 5.92 Å². The number of nitrogens with one attached hydrogen (secondary N) is 2. The number of amides is 1. The smallest absolute Gasteiger partial charge is 0.251 e. The molecular weight excluding hydrogens is 460 g/mol. The van der Waals surface area contributed by atoms with Crippen LogP contribution in [0.5, 0.6) is 5.75 Å². The fraction of sp³-hybridized carbons (Fsp3) is 0.321. The molecule has 0 radical (unpaired) electrons. The van der Waals surface area contributed by atoms with Gasteiger partial charge in [-0.05, 0) is 65.6 Å². The zero-order valence-corrected chi connectivity index (χ0v) is 20.3. The van der Waals surface area contributed by atoms with Crippen molar-refractivity contribution in [3.05, 3.63) is 94.5 Å². The Hall–Kier alpha value is -3.16. The molecule has 0 saturated heterocycles. The topological polar surface area (TPSA) is 84.5 Å². The van der Waals surface area contributed by atoms with Gasteiger partial charge in [0.25, 0.3) is 5.91 Å². The first-order valence-corrected chi connectivity index (χ1v) is 13.6. The maximum atomic E-state index is 13.1. The van der Waals surface area contributed by atoms with Gasteiger partial charge < -0.3 is 10.1 Å². The summed E-state index contributed by atoms with van der Waals surface area (Å²) in [6.07, 6.45) is 2.64. The average molecular weight is 489 g/mol. The Morgan fingerprint density at radius 2 is 1.57 bits per heavy atom. The molecule has 3 aromatic rings. The van der Waals surface area contributed by atoms with Crippen molar-refractivity contribution >= 4 is 15.9 Å². The quantitative estimate of drug-likeness (QED) is 0.523. The molecule has 7 rings (SSSR count). The standard InChI is InChI=1S/C28H28N2O4S/c1-34-25-13-10-17(15-26(25)35(32,33)30-19-11-12-19)28(31)29-16-18-14-24-20-6-2-4-8-22(20)27(18)23-9-5-3-7-21(23)24/h2-10,13,15,18-19,24,27,30H,11-12,14,16H2,1H3,(H,29,31). The molecule has 1 atom stereocenters. The third-order valence-electron chi connectivity index (χ3n) is 7.56. The van der Waals surface area contributed by atoms with Crippen molar-refractivity contribution in [2.45, 2.75) is 42.0 Å². The van der Waals surface area contributed by atoms with Crippen molar-refractivity contribution in [1.29, 1.82) is 0 Å². The van der Waals surface area contributed by atoms with Crippen LogP contribution in [-0.2, 0) is 10.0 Å². The summed E-state index contributed by atoms with van der Waals surface area (Å²) in [6.45, 7) is 0.525. The molecule has 1 fully saturated rings. The molecule has 35 heavy (non-hydrogen) atoms. The Labute approximate surface area is 205 Å². The van der Waals surface area contributed by atoms with Gasteiger partial charge in [-0.25, -0.2) is 13.1 Å². The molecule has 1 unspecified atom stereocenters. The largest absolute Gasteiger partial charge is 0.495 e. The highest BCUT2D eigenvalue weighted by atomic mass is 32.2. The number of methoxy groups -OCH3 is 1. The number of hydrogen-bond donors (Lipinski definition) is 2. The first-order valence-electron chi connectivity index (χ1n) is 12.1. The number of ether oxygens (including phenoxy) is 1. The average Bonchev–Trinajstić information content (AvgIpc) is 3.70. The molecular formula is C28H28N2O4S. The first kappa shape index (κ1) is 22.3. The zero-order valence-electron chi connectivity index (χ0n) is 19.5. The molecule has 4 aliphatic rings. The van der Waals surface area contributed by atoms with Gasteiger partial charge in [0.2, 0.25) is 10.0 Å². The van der Waals surface area contributed by atoms with Crippen LogP contribution in [0.4, 0.5) is 0 Å². The predicted molar refractivity (Wildman–Crippen MR) is 133 cm³/mol. The number of hydrogen-bond acceptors (Lipinski definition) is 4. The molecule has 7 heteroatoms. The van der Waals surface area contributed by atoms with Gasteiger partial charge in [-0.2, -0.15) is 0 Å². The second kappa shape index (κ2) is 8.50. The lowest BCUT2D eigenvalue weighted by Gasteiger charge is -2.45. The molecule has 180 valence electrons. The van der Waals surface area contributed by atoms with Gasteiger partial charge in [-0.15, -0.1) is 0 Å². The van der Waals surface area contributed by atoms with Crippen LogP contribution in [0.1, 0.15) is 63.7 Å². The third-order valence-corrected chi connectivity index (χ3v) is 9.10. The van der Waals surface area contributed by atoms with E-state index in [1.54, 1.807) is 12.1 Å². The van der Waals surface area contributed by atoms with Crippen LogP contribution in [0, 0.1) is 5.92 Å². The lowest BCUT2D eigenvalue weighted by atomic mass is 9.59. The summed E-state index contributed by atoms with van der Waals surface area (Å²) in [6, 6.07) is 21.8. The number of fused-ring (bicyclic) bond motifs is 1. The lowest BCUT2D eigenvalue weighted by Crippen LogP contribution is -2.39. The lowest BCUT2D eigenvalue weighted by molar-refractivity contribution is 0.0942. The van der Waals surface area contributed by atoms with Gasteiger partial charge in [0.05, 0.1) is 7.11 Å². The van der Waals surface area contributed by atoms with Crippen molar-refractivity contribution in [3.8, 4) is 5.75 Å². The Kier molecular flexibility index (Phi) is 5.42. The molecule has 0 heterocycles. The summed E-state index contributed by atoms with van der Waals surface area (Å²) < 4.78 is 33.6. The highest BCUT2D eigenvalue weighted by Gasteiger charge is 2.43. The highest BCUT2D eigenvalue weighted by molar-refractivity contribution is 7.89. The molecule has 0 aromatic heterocycles. The molecule has 4 aliphatic carbocycles. The van der Waals surface area contributed by atoms with Crippen LogP contribution >= 0.6 is 0 Å². The summed E-state index contributed by atoms with van der Waals surface area (Å²) >= 11 is 0. The number of benzene rings is 3. The van der Waals surface area contributed by atoms with E-state index in [9.17, 15) is 13.2 Å². The van der Waals surface area contributed by atoms with Crippen LogP contribution < -0.4 is 14.8 Å². The Bertz CT molecular complexity index is 1370. The van der Waals surface area contributed by atoms with E-state index in [4.69, 9.17) is 4.74 Å². The monoisotopic (exact) mass is 488 g/mol. The minimum absolute atomic E-state index is 0.000807. The molecule has 1 amide bonds. The maximum Gasteiger partial charge on any atom is 0.251 e. The number of carbonyl (C=O) groups excluding carboxylic acids is 1. The van der Waals surface area contributed by atoms with Gasteiger partial charge in [0, 0.05) is 30.0 Å². The number of sulfonamides is 1. The van der Waals surface area contributed by atoms with Crippen molar-refractivity contribution < 1.29 is 17.9 Å². The van der Waals surface area contributed by atoms with Gasteiger partial charge in [-0.3, -0.25) is 4.79 Å². The molecule has 6 nitrogen and oxygen atoms in total. The van der Waals surface area contributed by atoms with Crippen molar-refractivity contribution in [3.63, 3.8) is 0 Å². The Morgan fingerprint density at radius 3 is 2.17 bits per heavy atom. The van der Waals surface area contributed by atoms with E-state index in [-0.39, 0.29) is 34.4 Å². The van der Waals surface area contributed by atoms with E-state index in [2.05, 4.69) is 58.6 Å². The van der Waals surface area contributed by atoms with E-state index < -0.39 is 10.0 Å². The van der Waals surface area contributed by atoms with Crippen LogP contribution in [0.25, 0.3) is 0 Å².